The molecule has 1 aliphatic rings. The van der Waals surface area contributed by atoms with Gasteiger partial charge in [0.25, 0.3) is 5.56 Å². The zero-order valence-electron chi connectivity index (χ0n) is 21.7. The molecule has 1 atom stereocenters. The van der Waals surface area contributed by atoms with E-state index in [1.54, 1.807) is 42.2 Å². The van der Waals surface area contributed by atoms with Gasteiger partial charge < -0.3 is 19.8 Å². The molecule has 2 N–H and O–H groups in total. The lowest BCUT2D eigenvalue weighted by Crippen LogP contribution is -2.35. The number of unbranched alkanes of at least 4 members (excludes halogenated alkanes) is 1. The lowest BCUT2D eigenvalue weighted by molar-refractivity contribution is -0.119. The molecule has 8 nitrogen and oxygen atoms in total. The topological polar surface area (TPSA) is 107 Å². The van der Waals surface area contributed by atoms with Crippen LogP contribution in [0.4, 0.5) is 20.2 Å². The van der Waals surface area contributed by atoms with Gasteiger partial charge in [-0.2, -0.15) is 0 Å². The van der Waals surface area contributed by atoms with Gasteiger partial charge in [-0.3, -0.25) is 9.59 Å². The highest BCUT2D eigenvalue weighted by molar-refractivity contribution is 7.89. The van der Waals surface area contributed by atoms with E-state index in [9.17, 15) is 22.4 Å². The second-order valence-corrected chi connectivity index (χ2v) is 12.1. The minimum absolute atomic E-state index is 0.0914. The van der Waals surface area contributed by atoms with Gasteiger partial charge in [-0.05, 0) is 36.2 Å². The van der Waals surface area contributed by atoms with E-state index in [1.165, 1.54) is 15.5 Å². The average Bonchev–Trinajstić information content (AvgIpc) is 3.17. The number of halogens is 2. The quantitative estimate of drug-likeness (QED) is 0.366. The maximum absolute atomic E-state index is 15.3. The molecule has 0 spiro atoms. The highest BCUT2D eigenvalue weighted by Crippen LogP contribution is 2.49. The third kappa shape index (κ3) is 4.60. The molecule has 5 rings (SSSR count). The third-order valence-corrected chi connectivity index (χ3v) is 7.86. The van der Waals surface area contributed by atoms with E-state index in [-0.39, 0.29) is 17.0 Å². The van der Waals surface area contributed by atoms with Crippen LogP contribution < -0.4 is 16.2 Å². The van der Waals surface area contributed by atoms with E-state index in [0.717, 1.165) is 31.2 Å². The molecule has 0 saturated carbocycles. The van der Waals surface area contributed by atoms with Crippen LogP contribution in [-0.2, 0) is 34.0 Å². The van der Waals surface area contributed by atoms with E-state index >= 15 is 4.39 Å². The van der Waals surface area contributed by atoms with E-state index in [2.05, 4.69) is 0 Å². The molecule has 1 unspecified atom stereocenters. The molecule has 0 fully saturated rings. The number of aromatic nitrogens is 2. The van der Waals surface area contributed by atoms with Crippen molar-refractivity contribution in [2.24, 2.45) is 12.8 Å². The summed E-state index contributed by atoms with van der Waals surface area (Å²) >= 11 is 0. The van der Waals surface area contributed by atoms with E-state index < -0.39 is 33.4 Å². The van der Waals surface area contributed by atoms with Gasteiger partial charge in [0, 0.05) is 60.4 Å². The Kier molecular flexibility index (Phi) is 6.58. The monoisotopic (exact) mass is 554 g/mol. The molecule has 11 heteroatoms. The van der Waals surface area contributed by atoms with Gasteiger partial charge in [-0.1, -0.05) is 19.4 Å². The van der Waals surface area contributed by atoms with Crippen LogP contribution >= 0.6 is 0 Å². The first kappa shape index (κ1) is 26.6. The van der Waals surface area contributed by atoms with Crippen molar-refractivity contribution in [3.8, 4) is 11.1 Å². The fourth-order valence-electron chi connectivity index (χ4n) is 5.40. The van der Waals surface area contributed by atoms with Crippen molar-refractivity contribution in [1.82, 2.24) is 9.13 Å². The summed E-state index contributed by atoms with van der Waals surface area (Å²) in [6.07, 6.45) is 6.09. The standard InChI is InChI=1S/C28H28F2N4O4S/c1-4-5-10-33-14-20-24-19(13-32(2)28(36)26(24)33)18-11-16(15-39(3,37)38)6-8-22(18)34(25(20)27(31)35)23-9-7-17(29)12-21(23)30/h6-9,11-14,25H,4-5,10,15H2,1-3H3,(H2,31,35). The fourth-order valence-corrected chi connectivity index (χ4v) is 6.18. The molecule has 39 heavy (non-hydrogen) atoms. The summed E-state index contributed by atoms with van der Waals surface area (Å²) in [4.78, 5) is 28.0. The maximum atomic E-state index is 15.3. The van der Waals surface area contributed by atoms with Gasteiger partial charge in [0.05, 0.1) is 17.1 Å². The summed E-state index contributed by atoms with van der Waals surface area (Å²) in [5, 5.41) is 0.487. The second kappa shape index (κ2) is 9.64. The first-order chi connectivity index (χ1) is 18.4. The Morgan fingerprint density at radius 2 is 1.77 bits per heavy atom. The lowest BCUT2D eigenvalue weighted by Gasteiger charge is -2.32. The first-order valence-corrected chi connectivity index (χ1v) is 14.5. The Labute approximate surface area is 224 Å². The van der Waals surface area contributed by atoms with Gasteiger partial charge in [-0.15, -0.1) is 0 Å². The van der Waals surface area contributed by atoms with Crippen molar-refractivity contribution in [2.45, 2.75) is 38.1 Å². The normalized spacial score (nSPS) is 14.9. The number of benzene rings is 2. The second-order valence-electron chi connectivity index (χ2n) is 10.0. The van der Waals surface area contributed by atoms with Gasteiger partial charge in [-0.25, -0.2) is 17.2 Å². The Morgan fingerprint density at radius 3 is 2.41 bits per heavy atom. The fraction of sp³-hybridized carbons (Fsp3) is 0.286. The Balaban J connectivity index is 1.95. The molecule has 3 heterocycles. The third-order valence-electron chi connectivity index (χ3n) is 7.01. The predicted octanol–water partition coefficient (Wildman–Crippen LogP) is 4.31. The number of primary amides is 1. The van der Waals surface area contributed by atoms with Gasteiger partial charge in [0.2, 0.25) is 5.91 Å². The number of rotatable bonds is 7. The van der Waals surface area contributed by atoms with Crippen LogP contribution in [0.1, 0.15) is 36.9 Å². The predicted molar refractivity (Wildman–Crippen MR) is 147 cm³/mol. The number of hydrogen-bond acceptors (Lipinski definition) is 5. The van der Waals surface area contributed by atoms with Crippen LogP contribution in [0, 0.1) is 11.6 Å². The molecule has 2 aromatic carbocycles. The van der Waals surface area contributed by atoms with Crippen LogP contribution in [0.3, 0.4) is 0 Å². The number of carbonyl (C=O) groups is 1. The van der Waals surface area contributed by atoms with Crippen molar-refractivity contribution >= 4 is 38.0 Å². The number of nitrogens with zero attached hydrogens (tertiary/aromatic N) is 3. The molecular formula is C28H28F2N4O4S. The minimum Gasteiger partial charge on any atom is -0.368 e. The van der Waals surface area contributed by atoms with Crippen LogP contribution in [0.15, 0.2) is 53.6 Å². The first-order valence-electron chi connectivity index (χ1n) is 12.5. The number of sulfone groups is 1. The van der Waals surface area contributed by atoms with Crippen molar-refractivity contribution in [2.75, 3.05) is 11.2 Å². The number of amides is 1. The molecule has 204 valence electrons. The molecule has 0 radical (unpaired) electrons. The van der Waals surface area contributed by atoms with Gasteiger partial charge >= 0.3 is 0 Å². The summed E-state index contributed by atoms with van der Waals surface area (Å²) < 4.78 is 56.7. The SMILES string of the molecule is CCCCn1cc2c3c(cn(C)c(=O)c31)-c1cc(CS(C)(=O)=O)ccc1N(c1ccc(F)cc1F)C2C(N)=O. The molecule has 0 aliphatic carbocycles. The highest BCUT2D eigenvalue weighted by atomic mass is 32.2. The zero-order valence-corrected chi connectivity index (χ0v) is 22.6. The van der Waals surface area contributed by atoms with Crippen molar-refractivity contribution in [3.63, 3.8) is 0 Å². The molecular weight excluding hydrogens is 526 g/mol. The number of aryl methyl sites for hydroxylation is 2. The summed E-state index contributed by atoms with van der Waals surface area (Å²) in [6, 6.07) is 6.65. The lowest BCUT2D eigenvalue weighted by atomic mass is 9.98. The zero-order chi connectivity index (χ0) is 28.2. The number of fused-ring (bicyclic) bond motifs is 2. The van der Waals surface area contributed by atoms with E-state index in [1.807, 2.05) is 6.92 Å². The van der Waals surface area contributed by atoms with Crippen LogP contribution in [0.5, 0.6) is 0 Å². The summed E-state index contributed by atoms with van der Waals surface area (Å²) in [6.45, 7) is 2.52. The Morgan fingerprint density at radius 1 is 1.05 bits per heavy atom. The minimum atomic E-state index is -3.40. The van der Waals surface area contributed by atoms with Crippen molar-refractivity contribution < 1.29 is 22.0 Å². The summed E-state index contributed by atoms with van der Waals surface area (Å²) in [7, 11) is -1.78. The number of carbonyl (C=O) groups excluding carboxylic acids is 1. The average molecular weight is 555 g/mol. The molecule has 2 aromatic heterocycles. The van der Waals surface area contributed by atoms with Crippen LogP contribution in [0.25, 0.3) is 22.0 Å². The molecule has 1 amide bonds. The Hall–Kier alpha value is -3.99. The Bertz CT molecular complexity index is 1810. The van der Waals surface area contributed by atoms with Crippen molar-refractivity contribution in [1.29, 1.82) is 0 Å². The maximum Gasteiger partial charge on any atom is 0.274 e. The van der Waals surface area contributed by atoms with Crippen molar-refractivity contribution in [3.05, 3.63) is 81.9 Å². The highest BCUT2D eigenvalue weighted by Gasteiger charge is 2.38. The van der Waals surface area contributed by atoms with Gasteiger partial charge in [0.15, 0.2) is 9.84 Å². The number of nitrogens with two attached hydrogens (primary N) is 1. The van der Waals surface area contributed by atoms with Crippen LogP contribution in [0.2, 0.25) is 0 Å². The largest absolute Gasteiger partial charge is 0.368 e. The van der Waals surface area contributed by atoms with Crippen LogP contribution in [-0.4, -0.2) is 29.7 Å². The molecule has 4 aromatic rings. The van der Waals surface area contributed by atoms with Gasteiger partial charge in [0.1, 0.15) is 23.2 Å². The number of hydrogen-bond donors (Lipinski definition) is 1. The molecule has 0 saturated heterocycles. The molecule has 0 bridgehead atoms. The summed E-state index contributed by atoms with van der Waals surface area (Å²) in [5.41, 5.74) is 8.26. The number of anilines is 2. The van der Waals surface area contributed by atoms with E-state index in [4.69, 9.17) is 5.73 Å². The molecule has 1 aliphatic heterocycles. The summed E-state index contributed by atoms with van der Waals surface area (Å²) in [5.74, 6) is -2.74. The van der Waals surface area contributed by atoms with E-state index in [0.29, 0.717) is 45.4 Å². The number of pyridine rings is 1. The smallest absolute Gasteiger partial charge is 0.274 e.